The van der Waals surface area contributed by atoms with E-state index in [1.54, 1.807) is 11.8 Å². The maximum Gasteiger partial charge on any atom is 0.335 e. The van der Waals surface area contributed by atoms with E-state index in [9.17, 15) is 24.0 Å². The SMILES string of the molecule is O=C(CCOCCOCCN1C(=O)CC(SC23CC4CC(CC(C4)C2)C3)C1=O)ON1C(=O)CCC1=O. The van der Waals surface area contributed by atoms with Crippen LogP contribution in [-0.2, 0) is 38.3 Å². The number of carbonyl (C=O) groups excluding carboxylic acids is 5. The Kier molecular flexibility index (Phi) is 7.69. The summed E-state index contributed by atoms with van der Waals surface area (Å²) in [6.07, 6.45) is 7.98. The summed E-state index contributed by atoms with van der Waals surface area (Å²) in [7, 11) is 0. The fraction of sp³-hybridized carbons (Fsp3) is 0.800. The third-order valence-corrected chi connectivity index (χ3v) is 9.71. The molecule has 4 bridgehead atoms. The normalized spacial score (nSPS) is 33.3. The van der Waals surface area contributed by atoms with Gasteiger partial charge in [-0.15, -0.1) is 16.8 Å². The van der Waals surface area contributed by atoms with E-state index in [2.05, 4.69) is 0 Å². The average Bonchev–Trinajstić information content (AvgIpc) is 3.26. The first kappa shape index (κ1) is 25.7. The molecular formula is C25H34N2O8S. The van der Waals surface area contributed by atoms with E-state index < -0.39 is 17.8 Å². The first-order valence-corrected chi connectivity index (χ1v) is 13.9. The second-order valence-corrected chi connectivity index (χ2v) is 12.5. The standard InChI is InChI=1S/C25H34N2O8S/c28-20-1-2-21(29)27(20)35-23(31)3-5-33-7-8-34-6-4-26-22(30)12-19(24(26)32)36-25-13-16-9-17(14-25)11-18(10-16)15-25/h16-19H,1-15H2. The molecule has 1 atom stereocenters. The van der Waals surface area contributed by atoms with Crippen LogP contribution in [0, 0.1) is 17.8 Å². The van der Waals surface area contributed by atoms with Crippen molar-refractivity contribution in [1.82, 2.24) is 9.96 Å². The smallest absolute Gasteiger partial charge is 0.335 e. The zero-order valence-electron chi connectivity index (χ0n) is 20.5. The van der Waals surface area contributed by atoms with Gasteiger partial charge in [0.1, 0.15) is 0 Å². The van der Waals surface area contributed by atoms with Crippen LogP contribution in [0.15, 0.2) is 0 Å². The molecule has 0 spiro atoms. The van der Waals surface area contributed by atoms with Gasteiger partial charge >= 0.3 is 5.97 Å². The lowest BCUT2D eigenvalue weighted by molar-refractivity contribution is -0.198. The highest BCUT2D eigenvalue weighted by molar-refractivity contribution is 8.02. The Morgan fingerprint density at radius 2 is 1.42 bits per heavy atom. The van der Waals surface area contributed by atoms with Crippen molar-refractivity contribution in [3.8, 4) is 0 Å². The number of hydrogen-bond donors (Lipinski definition) is 0. The summed E-state index contributed by atoms with van der Waals surface area (Å²) in [5.74, 6) is 0.493. The number of ether oxygens (including phenoxy) is 2. The number of carbonyl (C=O) groups is 5. The van der Waals surface area contributed by atoms with Crippen molar-refractivity contribution in [1.29, 1.82) is 0 Å². The van der Waals surface area contributed by atoms with Gasteiger partial charge in [-0.2, -0.15) is 0 Å². The van der Waals surface area contributed by atoms with Crippen molar-refractivity contribution in [2.45, 2.75) is 74.2 Å². The number of thioether (sulfide) groups is 1. The van der Waals surface area contributed by atoms with Crippen molar-refractivity contribution in [2.24, 2.45) is 17.8 Å². The lowest BCUT2D eigenvalue weighted by atomic mass is 9.56. The van der Waals surface area contributed by atoms with Crippen molar-refractivity contribution in [3.63, 3.8) is 0 Å². The van der Waals surface area contributed by atoms with Gasteiger partial charge in [0.2, 0.25) is 11.8 Å². The lowest BCUT2D eigenvalue weighted by Gasteiger charge is -2.56. The van der Waals surface area contributed by atoms with E-state index in [-0.39, 0.29) is 74.0 Å². The van der Waals surface area contributed by atoms with Gasteiger partial charge in [0.25, 0.3) is 11.8 Å². The Hall–Kier alpha value is -1.98. The molecule has 4 aliphatic carbocycles. The average molecular weight is 523 g/mol. The molecule has 2 aliphatic heterocycles. The van der Waals surface area contributed by atoms with Crippen LogP contribution in [0.5, 0.6) is 0 Å². The lowest BCUT2D eigenvalue weighted by Crippen LogP contribution is -2.49. The van der Waals surface area contributed by atoms with Crippen LogP contribution in [0.1, 0.15) is 64.2 Å². The van der Waals surface area contributed by atoms with Crippen LogP contribution in [0.2, 0.25) is 0 Å². The van der Waals surface area contributed by atoms with E-state index in [1.807, 2.05) is 0 Å². The molecular weight excluding hydrogens is 488 g/mol. The zero-order chi connectivity index (χ0) is 25.3. The summed E-state index contributed by atoms with van der Waals surface area (Å²) < 4.78 is 11.0. The molecule has 36 heavy (non-hydrogen) atoms. The van der Waals surface area contributed by atoms with Crippen molar-refractivity contribution < 1.29 is 38.3 Å². The number of amides is 4. The van der Waals surface area contributed by atoms with Gasteiger partial charge in [0.15, 0.2) is 0 Å². The Bertz CT molecular complexity index is 872. The minimum absolute atomic E-state index is 0.0517. The Morgan fingerprint density at radius 1 is 0.833 bits per heavy atom. The first-order chi connectivity index (χ1) is 17.3. The number of hydroxylamine groups is 2. The molecule has 0 aromatic rings. The monoisotopic (exact) mass is 522 g/mol. The summed E-state index contributed by atoms with van der Waals surface area (Å²) in [4.78, 5) is 66.2. The molecule has 10 nitrogen and oxygen atoms in total. The summed E-state index contributed by atoms with van der Waals surface area (Å²) in [5.41, 5.74) is 0. The molecule has 4 saturated carbocycles. The van der Waals surface area contributed by atoms with Gasteiger partial charge in [-0.25, -0.2) is 4.79 Å². The first-order valence-electron chi connectivity index (χ1n) is 13.1. The predicted molar refractivity (Wildman–Crippen MR) is 127 cm³/mol. The summed E-state index contributed by atoms with van der Waals surface area (Å²) in [5, 5.41) is 0.251. The minimum Gasteiger partial charge on any atom is -0.378 e. The highest BCUT2D eigenvalue weighted by Gasteiger charge is 2.54. The second kappa shape index (κ2) is 10.8. The summed E-state index contributed by atoms with van der Waals surface area (Å²) in [6.45, 7) is 1.00. The largest absolute Gasteiger partial charge is 0.378 e. The van der Waals surface area contributed by atoms with Crippen molar-refractivity contribution in [3.05, 3.63) is 0 Å². The molecule has 0 radical (unpaired) electrons. The fourth-order valence-electron chi connectivity index (χ4n) is 6.90. The van der Waals surface area contributed by atoms with Crippen LogP contribution in [0.4, 0.5) is 0 Å². The van der Waals surface area contributed by atoms with Crippen LogP contribution in [0.3, 0.4) is 0 Å². The van der Waals surface area contributed by atoms with Crippen LogP contribution < -0.4 is 0 Å². The Labute approximate surface area is 214 Å². The number of rotatable bonds is 12. The zero-order valence-corrected chi connectivity index (χ0v) is 21.3. The van der Waals surface area contributed by atoms with Gasteiger partial charge in [0.05, 0.1) is 44.6 Å². The number of nitrogens with zero attached hydrogens (tertiary/aromatic N) is 2. The van der Waals surface area contributed by atoms with Crippen molar-refractivity contribution in [2.75, 3.05) is 33.0 Å². The van der Waals surface area contributed by atoms with Gasteiger partial charge in [-0.05, 0) is 56.3 Å². The Balaban J connectivity index is 0.949. The fourth-order valence-corrected chi connectivity index (χ4v) is 8.95. The van der Waals surface area contributed by atoms with Crippen LogP contribution in [0.25, 0.3) is 0 Å². The van der Waals surface area contributed by atoms with Gasteiger partial charge in [-0.1, -0.05) is 0 Å². The molecule has 0 N–H and O–H groups in total. The molecule has 198 valence electrons. The minimum atomic E-state index is -0.716. The maximum absolute atomic E-state index is 13.0. The number of hydrogen-bond acceptors (Lipinski definition) is 9. The van der Waals surface area contributed by atoms with Crippen LogP contribution in [-0.4, -0.2) is 82.5 Å². The molecule has 0 aromatic carbocycles. The van der Waals surface area contributed by atoms with Crippen LogP contribution >= 0.6 is 11.8 Å². The third kappa shape index (κ3) is 5.62. The van der Waals surface area contributed by atoms with E-state index in [0.29, 0.717) is 11.5 Å². The summed E-state index contributed by atoms with van der Waals surface area (Å²) in [6, 6.07) is 0. The quantitative estimate of drug-likeness (QED) is 0.279. The van der Waals surface area contributed by atoms with Gasteiger partial charge in [0, 0.05) is 24.0 Å². The van der Waals surface area contributed by atoms with Gasteiger partial charge < -0.3 is 14.3 Å². The Morgan fingerprint density at radius 3 is 2.03 bits per heavy atom. The maximum atomic E-state index is 13.0. The number of likely N-dealkylation sites (tertiary alicyclic amines) is 1. The van der Waals surface area contributed by atoms with E-state index in [0.717, 1.165) is 17.8 Å². The second-order valence-electron chi connectivity index (χ2n) is 10.8. The molecule has 6 aliphatic rings. The summed E-state index contributed by atoms with van der Waals surface area (Å²) >= 11 is 1.79. The molecule has 6 fully saturated rings. The molecule has 6 rings (SSSR count). The highest BCUT2D eigenvalue weighted by atomic mass is 32.2. The van der Waals surface area contributed by atoms with E-state index in [1.165, 1.54) is 43.4 Å². The van der Waals surface area contributed by atoms with E-state index in [4.69, 9.17) is 14.3 Å². The molecule has 2 saturated heterocycles. The molecule has 2 heterocycles. The molecule has 11 heteroatoms. The molecule has 4 amide bonds. The predicted octanol–water partition coefficient (Wildman–Crippen LogP) is 1.85. The third-order valence-electron chi connectivity index (χ3n) is 8.06. The van der Waals surface area contributed by atoms with E-state index >= 15 is 0 Å². The number of imide groups is 2. The highest BCUT2D eigenvalue weighted by Crippen LogP contribution is 2.61. The molecule has 1 unspecified atom stereocenters. The van der Waals surface area contributed by atoms with Crippen molar-refractivity contribution >= 4 is 41.4 Å². The molecule has 0 aromatic heterocycles. The topological polar surface area (TPSA) is 120 Å². The van der Waals surface area contributed by atoms with Gasteiger partial charge in [-0.3, -0.25) is 24.1 Å².